The summed E-state index contributed by atoms with van der Waals surface area (Å²) in [6.45, 7) is 7.07. The molecule has 2 aromatic heterocycles. The van der Waals surface area contributed by atoms with Crippen LogP contribution in [0, 0.1) is 10.6 Å². The van der Waals surface area contributed by atoms with Crippen molar-refractivity contribution >= 4 is 38.3 Å². The van der Waals surface area contributed by atoms with E-state index < -0.39 is 38.5 Å². The van der Waals surface area contributed by atoms with E-state index in [9.17, 15) is 14.4 Å². The molecule has 1 aromatic carbocycles. The van der Waals surface area contributed by atoms with Crippen molar-refractivity contribution in [3.05, 3.63) is 35.0 Å². The smallest absolute Gasteiger partial charge is 0.223 e. The molecule has 2 aliphatic rings. The van der Waals surface area contributed by atoms with Gasteiger partial charge in [0.1, 0.15) is 16.9 Å². The van der Waals surface area contributed by atoms with Crippen molar-refractivity contribution in [2.75, 3.05) is 5.32 Å². The minimum absolute atomic E-state index is 0.0976. The quantitative estimate of drug-likeness (QED) is 0.383. The molecule has 0 amide bonds. The Kier molecular flexibility index (Phi) is 6.06. The van der Waals surface area contributed by atoms with Crippen LogP contribution in [0.15, 0.2) is 18.3 Å². The maximum absolute atomic E-state index is 15.3. The number of fused-ring (bicyclic) bond motifs is 3. The molecule has 1 unspecified atom stereocenters. The summed E-state index contributed by atoms with van der Waals surface area (Å²) in [4.78, 5) is 13.2. The first-order valence-corrected chi connectivity index (χ1v) is 14.0. The van der Waals surface area contributed by atoms with E-state index in [1.165, 1.54) is 12.3 Å². The molecular formula is C24H30ClFN6O3S. The van der Waals surface area contributed by atoms with Crippen LogP contribution < -0.4 is 5.32 Å². The fourth-order valence-electron chi connectivity index (χ4n) is 5.46. The Morgan fingerprint density at radius 2 is 2.03 bits per heavy atom. The third-order valence-corrected chi connectivity index (χ3v) is 10.3. The first kappa shape index (κ1) is 25.3. The highest BCUT2D eigenvalue weighted by atomic mass is 35.5. The molecule has 4 heterocycles. The Morgan fingerprint density at radius 3 is 2.69 bits per heavy atom. The van der Waals surface area contributed by atoms with Gasteiger partial charge in [0.05, 0.1) is 49.6 Å². The van der Waals surface area contributed by atoms with Crippen molar-refractivity contribution in [2.45, 2.75) is 81.2 Å². The predicted molar refractivity (Wildman–Crippen MR) is 137 cm³/mol. The number of benzene rings is 1. The van der Waals surface area contributed by atoms with E-state index in [-0.39, 0.29) is 27.8 Å². The largest absolute Gasteiger partial charge is 0.390 e. The first-order valence-electron chi connectivity index (χ1n) is 12.0. The van der Waals surface area contributed by atoms with Crippen LogP contribution in [0.25, 0.3) is 22.3 Å². The average molecular weight is 537 g/mol. The van der Waals surface area contributed by atoms with Crippen LogP contribution in [0.5, 0.6) is 0 Å². The number of rotatable bonds is 5. The number of nitrogens with zero attached hydrogens (tertiary/aromatic N) is 4. The zero-order valence-corrected chi connectivity index (χ0v) is 22.1. The molecule has 0 saturated carbocycles. The average Bonchev–Trinajstić information content (AvgIpc) is 3.26. The third kappa shape index (κ3) is 4.06. The highest BCUT2D eigenvalue weighted by Gasteiger charge is 2.50. The standard InChI is InChI=1S/C24H30ClFN6O3S/c1-11(2)32-17-8-12(7-15(26)20(17)30-22(32)24(3,4)34)19-14(25)10-28-23(31-19)29-16-9-13-5-6-18(21(16)33)36(13,27)35/h7-8,10-11,13,16,18,21,27,33-34H,5-6,9H2,1-4H3,(H,28,29,31)/t13-,16-,18+,21+,36?/m1/s1. The molecule has 0 spiro atoms. The number of anilines is 1. The van der Waals surface area contributed by atoms with Gasteiger partial charge in [-0.15, -0.1) is 0 Å². The van der Waals surface area contributed by atoms with E-state index in [2.05, 4.69) is 20.3 Å². The maximum Gasteiger partial charge on any atom is 0.223 e. The lowest BCUT2D eigenvalue weighted by molar-refractivity contribution is 0.0641. The Morgan fingerprint density at radius 1 is 1.31 bits per heavy atom. The Labute approximate surface area is 214 Å². The topological polar surface area (TPSA) is 137 Å². The molecule has 9 nitrogen and oxygen atoms in total. The van der Waals surface area contributed by atoms with Crippen molar-refractivity contribution in [3.63, 3.8) is 0 Å². The van der Waals surface area contributed by atoms with E-state index >= 15 is 4.39 Å². The number of hydrogen-bond acceptors (Lipinski definition) is 8. The van der Waals surface area contributed by atoms with E-state index in [0.29, 0.717) is 41.9 Å². The van der Waals surface area contributed by atoms with Gasteiger partial charge in [0.2, 0.25) is 5.95 Å². The van der Waals surface area contributed by atoms with Gasteiger partial charge in [-0.25, -0.2) is 23.6 Å². The summed E-state index contributed by atoms with van der Waals surface area (Å²) in [6, 6.07) is 2.49. The minimum Gasteiger partial charge on any atom is -0.390 e. The van der Waals surface area contributed by atoms with Crippen LogP contribution in [0.2, 0.25) is 5.02 Å². The zero-order chi connectivity index (χ0) is 26.2. The number of hydrogen-bond donors (Lipinski definition) is 4. The summed E-state index contributed by atoms with van der Waals surface area (Å²) in [5.74, 6) is -0.0149. The number of nitrogens with one attached hydrogen (secondary N) is 2. The van der Waals surface area contributed by atoms with Gasteiger partial charge in [0.25, 0.3) is 0 Å². The van der Waals surface area contributed by atoms with Crippen molar-refractivity contribution in [2.24, 2.45) is 0 Å². The molecule has 12 heteroatoms. The van der Waals surface area contributed by atoms with Gasteiger partial charge in [-0.2, -0.15) is 0 Å². The van der Waals surface area contributed by atoms with Gasteiger partial charge in [-0.05, 0) is 59.1 Å². The summed E-state index contributed by atoms with van der Waals surface area (Å²) in [5, 5.41) is 23.9. The van der Waals surface area contributed by atoms with Crippen LogP contribution in [0.4, 0.5) is 10.3 Å². The van der Waals surface area contributed by atoms with Gasteiger partial charge in [-0.1, -0.05) is 11.6 Å². The highest BCUT2D eigenvalue weighted by molar-refractivity contribution is 7.94. The summed E-state index contributed by atoms with van der Waals surface area (Å²) >= 11 is 6.43. The van der Waals surface area contributed by atoms with Crippen LogP contribution in [0.1, 0.15) is 58.8 Å². The predicted octanol–water partition coefficient (Wildman–Crippen LogP) is 4.22. The van der Waals surface area contributed by atoms with E-state index in [4.69, 9.17) is 16.4 Å². The minimum atomic E-state index is -2.83. The summed E-state index contributed by atoms with van der Waals surface area (Å²) in [7, 11) is -2.83. The number of aromatic nitrogens is 4. The van der Waals surface area contributed by atoms with Crippen LogP contribution in [0.3, 0.4) is 0 Å². The lowest BCUT2D eigenvalue weighted by Crippen LogP contribution is -2.50. The normalized spacial score (nSPS) is 28.2. The second-order valence-corrected chi connectivity index (χ2v) is 13.5. The van der Waals surface area contributed by atoms with Crippen LogP contribution in [-0.2, 0) is 15.3 Å². The Hall–Kier alpha value is -2.34. The number of halogens is 2. The second kappa shape index (κ2) is 8.61. The van der Waals surface area contributed by atoms with E-state index in [0.717, 1.165) is 0 Å². The SMILES string of the molecule is CC(C)n1c(C(C)(C)O)nc2c(F)cc(-c3nc(N[C@@H]4C[C@H]5CC[C@@H]([C@H]4O)S5(=N)=O)ncc3Cl)cc21. The molecule has 2 saturated heterocycles. The van der Waals surface area contributed by atoms with Gasteiger partial charge in [-0.3, -0.25) is 4.78 Å². The van der Waals surface area contributed by atoms with Gasteiger partial charge >= 0.3 is 0 Å². The number of imidazole rings is 1. The molecule has 0 aliphatic carbocycles. The lowest BCUT2D eigenvalue weighted by Gasteiger charge is -2.35. The van der Waals surface area contributed by atoms with Crippen molar-refractivity contribution < 1.29 is 18.8 Å². The molecule has 2 aliphatic heterocycles. The molecule has 36 heavy (non-hydrogen) atoms. The van der Waals surface area contributed by atoms with Gasteiger partial charge in [0.15, 0.2) is 5.82 Å². The van der Waals surface area contributed by atoms with E-state index in [1.807, 2.05) is 13.8 Å². The molecule has 5 atom stereocenters. The maximum atomic E-state index is 15.3. The second-order valence-electron chi connectivity index (χ2n) is 10.5. The summed E-state index contributed by atoms with van der Waals surface area (Å²) < 4.78 is 37.9. The molecule has 5 rings (SSSR count). The monoisotopic (exact) mass is 536 g/mol. The Balaban J connectivity index is 1.54. The van der Waals surface area contributed by atoms with Gasteiger partial charge in [0, 0.05) is 16.9 Å². The van der Waals surface area contributed by atoms with Crippen molar-refractivity contribution in [3.8, 4) is 11.3 Å². The lowest BCUT2D eigenvalue weighted by atomic mass is 10.1. The first-order chi connectivity index (χ1) is 16.8. The molecule has 3 aromatic rings. The van der Waals surface area contributed by atoms with Crippen LogP contribution >= 0.6 is 11.6 Å². The molecule has 194 valence electrons. The molecule has 4 N–H and O–H groups in total. The third-order valence-electron chi connectivity index (χ3n) is 7.17. The van der Waals surface area contributed by atoms with E-state index in [1.54, 1.807) is 24.5 Å². The highest BCUT2D eigenvalue weighted by Crippen LogP contribution is 2.40. The van der Waals surface area contributed by atoms with Crippen LogP contribution in [-0.4, -0.2) is 56.6 Å². The summed E-state index contributed by atoms with van der Waals surface area (Å²) in [5.41, 5.74) is 0.0907. The zero-order valence-electron chi connectivity index (χ0n) is 20.5. The Bertz CT molecular complexity index is 1450. The van der Waals surface area contributed by atoms with Gasteiger partial charge < -0.3 is 20.1 Å². The van der Waals surface area contributed by atoms with Crippen molar-refractivity contribution in [1.29, 1.82) is 4.78 Å². The fraction of sp³-hybridized carbons (Fsp3) is 0.542. The fourth-order valence-corrected chi connectivity index (χ4v) is 8.23. The number of aliphatic hydroxyl groups excluding tert-OH is 1. The molecule has 2 fully saturated rings. The summed E-state index contributed by atoms with van der Waals surface area (Å²) in [6.07, 6.45) is 2.06. The molecular weight excluding hydrogens is 507 g/mol. The number of aliphatic hydroxyl groups is 2. The molecule has 2 bridgehead atoms. The molecule has 0 radical (unpaired) electrons. The van der Waals surface area contributed by atoms with Crippen molar-refractivity contribution in [1.82, 2.24) is 19.5 Å².